The Morgan fingerprint density at radius 3 is 2.69 bits per heavy atom. The quantitative estimate of drug-likeness (QED) is 0.529. The number of piperidine rings is 1. The highest BCUT2D eigenvalue weighted by Crippen LogP contribution is 2.44. The molecule has 2 heteroatoms. The third-order valence-electron chi connectivity index (χ3n) is 3.97. The van der Waals surface area contributed by atoms with Crippen LogP contribution in [0.1, 0.15) is 33.1 Å². The van der Waals surface area contributed by atoms with Crippen molar-refractivity contribution in [2.45, 2.75) is 33.1 Å². The Morgan fingerprint density at radius 1 is 1.23 bits per heavy atom. The highest BCUT2D eigenvalue weighted by atomic mass is 127. The maximum Gasteiger partial charge on any atom is 0.0201 e. The van der Waals surface area contributed by atoms with Crippen molar-refractivity contribution in [1.82, 2.24) is 3.11 Å². The van der Waals surface area contributed by atoms with Crippen LogP contribution in [-0.2, 0) is 0 Å². The summed E-state index contributed by atoms with van der Waals surface area (Å²) in [5.74, 6) is 3.94. The van der Waals surface area contributed by atoms with Gasteiger partial charge < -0.3 is 0 Å². The minimum absolute atomic E-state index is 0.878. The zero-order chi connectivity index (χ0) is 9.42. The molecule has 0 radical (unpaired) electrons. The normalized spacial score (nSPS) is 41.1. The van der Waals surface area contributed by atoms with Gasteiger partial charge in [-0.2, -0.15) is 0 Å². The second-order valence-corrected chi connectivity index (χ2v) is 6.46. The van der Waals surface area contributed by atoms with Crippen LogP contribution >= 0.6 is 22.9 Å². The van der Waals surface area contributed by atoms with Crippen LogP contribution < -0.4 is 0 Å². The number of halogens is 1. The molecule has 1 aliphatic heterocycles. The first-order chi connectivity index (χ1) is 6.18. The lowest BCUT2D eigenvalue weighted by Gasteiger charge is -2.40. The van der Waals surface area contributed by atoms with Gasteiger partial charge in [0.25, 0.3) is 0 Å². The maximum absolute atomic E-state index is 2.52. The van der Waals surface area contributed by atoms with Crippen LogP contribution in [-0.4, -0.2) is 16.2 Å². The number of nitrogens with zero attached hydrogens (tertiary/aromatic N) is 1. The van der Waals surface area contributed by atoms with E-state index in [9.17, 15) is 0 Å². The average molecular weight is 293 g/mol. The molecule has 1 nitrogen and oxygen atoms in total. The number of hydrogen-bond acceptors (Lipinski definition) is 1. The van der Waals surface area contributed by atoms with E-state index in [0.29, 0.717) is 0 Å². The molecule has 0 aromatic carbocycles. The molecule has 1 saturated carbocycles. The van der Waals surface area contributed by atoms with Crippen LogP contribution in [0.2, 0.25) is 0 Å². The number of rotatable bonds is 1. The first kappa shape index (κ1) is 10.2. The van der Waals surface area contributed by atoms with Crippen molar-refractivity contribution in [2.75, 3.05) is 13.1 Å². The Kier molecular flexibility index (Phi) is 3.18. The van der Waals surface area contributed by atoms with Gasteiger partial charge in [-0.05, 0) is 36.5 Å². The van der Waals surface area contributed by atoms with Crippen molar-refractivity contribution in [3.63, 3.8) is 0 Å². The van der Waals surface area contributed by atoms with Crippen molar-refractivity contribution in [3.8, 4) is 0 Å². The van der Waals surface area contributed by atoms with E-state index in [4.69, 9.17) is 0 Å². The molecule has 2 fully saturated rings. The molecular weight excluding hydrogens is 273 g/mol. The predicted octanol–water partition coefficient (Wildman–Crippen LogP) is 3.34. The summed E-state index contributed by atoms with van der Waals surface area (Å²) in [5, 5.41) is 0. The number of fused-ring (bicyclic) bond motifs is 1. The largest absolute Gasteiger partial charge is 0.247 e. The van der Waals surface area contributed by atoms with Gasteiger partial charge in [-0.15, -0.1) is 0 Å². The molecule has 0 aromatic heterocycles. The lowest BCUT2D eigenvalue weighted by atomic mass is 9.75. The molecule has 1 aliphatic carbocycles. The van der Waals surface area contributed by atoms with Crippen molar-refractivity contribution >= 4 is 22.9 Å². The fourth-order valence-electron chi connectivity index (χ4n) is 3.25. The lowest BCUT2D eigenvalue weighted by Crippen LogP contribution is -2.41. The lowest BCUT2D eigenvalue weighted by molar-refractivity contribution is 0.118. The van der Waals surface area contributed by atoms with E-state index in [-0.39, 0.29) is 0 Å². The van der Waals surface area contributed by atoms with Crippen LogP contribution in [0, 0.1) is 23.7 Å². The van der Waals surface area contributed by atoms with E-state index in [0.717, 1.165) is 23.7 Å². The summed E-state index contributed by atoms with van der Waals surface area (Å²) in [5.41, 5.74) is 0. The van der Waals surface area contributed by atoms with Gasteiger partial charge in [0.15, 0.2) is 0 Å². The van der Waals surface area contributed by atoms with Crippen LogP contribution in [0.15, 0.2) is 0 Å². The summed E-state index contributed by atoms with van der Waals surface area (Å²) < 4.78 is 2.52. The standard InChI is InChI=1S/C11H20IN/c1-8(2)11-7-13(12)6-9-4-3-5-10(9)11/h8-11H,3-7H2,1-2H3. The zero-order valence-electron chi connectivity index (χ0n) is 8.67. The maximum atomic E-state index is 2.52. The molecule has 0 amide bonds. The van der Waals surface area contributed by atoms with E-state index < -0.39 is 0 Å². The summed E-state index contributed by atoms with van der Waals surface area (Å²) in [7, 11) is 0. The molecule has 2 aliphatic rings. The van der Waals surface area contributed by atoms with Gasteiger partial charge in [0.1, 0.15) is 0 Å². The van der Waals surface area contributed by atoms with Crippen LogP contribution in [0.3, 0.4) is 0 Å². The third-order valence-corrected chi connectivity index (χ3v) is 4.75. The molecule has 1 saturated heterocycles. The molecule has 1 heterocycles. The van der Waals surface area contributed by atoms with Gasteiger partial charge in [-0.25, -0.2) is 3.11 Å². The minimum atomic E-state index is 0.878. The van der Waals surface area contributed by atoms with E-state index in [1.165, 1.54) is 32.4 Å². The summed E-state index contributed by atoms with van der Waals surface area (Å²) in [6, 6.07) is 0. The highest BCUT2D eigenvalue weighted by Gasteiger charge is 2.39. The smallest absolute Gasteiger partial charge is 0.0201 e. The van der Waals surface area contributed by atoms with Crippen molar-refractivity contribution in [3.05, 3.63) is 0 Å². The second kappa shape index (κ2) is 4.05. The van der Waals surface area contributed by atoms with E-state index in [1.54, 1.807) is 0 Å². The first-order valence-corrected chi connectivity index (χ1v) is 6.55. The van der Waals surface area contributed by atoms with Gasteiger partial charge in [0.05, 0.1) is 0 Å². The molecular formula is C11H20IN. The molecule has 0 bridgehead atoms. The van der Waals surface area contributed by atoms with Gasteiger partial charge in [0.2, 0.25) is 0 Å². The summed E-state index contributed by atoms with van der Waals surface area (Å²) in [4.78, 5) is 0. The van der Waals surface area contributed by atoms with Crippen molar-refractivity contribution < 1.29 is 0 Å². The van der Waals surface area contributed by atoms with Crippen LogP contribution in [0.25, 0.3) is 0 Å². The van der Waals surface area contributed by atoms with Crippen LogP contribution in [0.5, 0.6) is 0 Å². The molecule has 3 unspecified atom stereocenters. The summed E-state index contributed by atoms with van der Waals surface area (Å²) >= 11 is 2.51. The fourth-order valence-corrected chi connectivity index (χ4v) is 4.22. The average Bonchev–Trinajstić information content (AvgIpc) is 2.49. The Hall–Kier alpha value is 0.690. The molecule has 0 aromatic rings. The fraction of sp³-hybridized carbons (Fsp3) is 1.00. The van der Waals surface area contributed by atoms with Gasteiger partial charge >= 0.3 is 0 Å². The topological polar surface area (TPSA) is 3.24 Å². The predicted molar refractivity (Wildman–Crippen MR) is 64.8 cm³/mol. The number of hydrogen-bond donors (Lipinski definition) is 0. The second-order valence-electron chi connectivity index (χ2n) is 5.09. The van der Waals surface area contributed by atoms with Crippen molar-refractivity contribution in [2.24, 2.45) is 23.7 Å². The first-order valence-electron chi connectivity index (χ1n) is 5.59. The minimum Gasteiger partial charge on any atom is -0.247 e. The van der Waals surface area contributed by atoms with Crippen molar-refractivity contribution in [1.29, 1.82) is 0 Å². The molecule has 3 atom stereocenters. The molecule has 76 valence electrons. The Morgan fingerprint density at radius 2 is 2.00 bits per heavy atom. The Labute approximate surface area is 95.8 Å². The van der Waals surface area contributed by atoms with E-state index in [1.807, 2.05) is 0 Å². The van der Waals surface area contributed by atoms with Gasteiger partial charge in [0, 0.05) is 36.0 Å². The molecule has 2 rings (SSSR count). The Balaban J connectivity index is 2.07. The summed E-state index contributed by atoms with van der Waals surface area (Å²) in [6.07, 6.45) is 4.49. The Bertz CT molecular complexity index is 181. The molecule has 0 N–H and O–H groups in total. The third kappa shape index (κ3) is 2.04. The SMILES string of the molecule is CC(C)C1CN(I)CC2CCCC21. The highest BCUT2D eigenvalue weighted by molar-refractivity contribution is 14.1. The zero-order valence-corrected chi connectivity index (χ0v) is 10.8. The van der Waals surface area contributed by atoms with Crippen LogP contribution in [0.4, 0.5) is 0 Å². The molecule has 0 spiro atoms. The monoisotopic (exact) mass is 293 g/mol. The van der Waals surface area contributed by atoms with Gasteiger partial charge in [-0.3, -0.25) is 0 Å². The van der Waals surface area contributed by atoms with E-state index >= 15 is 0 Å². The molecule has 13 heavy (non-hydrogen) atoms. The van der Waals surface area contributed by atoms with Gasteiger partial charge in [-0.1, -0.05) is 20.3 Å². The summed E-state index contributed by atoms with van der Waals surface area (Å²) in [6.45, 7) is 7.49. The van der Waals surface area contributed by atoms with E-state index in [2.05, 4.69) is 39.8 Å².